The molecule has 0 bridgehead atoms. The van der Waals surface area contributed by atoms with Crippen molar-refractivity contribution < 1.29 is 14.3 Å². The van der Waals surface area contributed by atoms with E-state index in [0.717, 1.165) is 22.3 Å². The summed E-state index contributed by atoms with van der Waals surface area (Å²) in [5.74, 6) is 2.37. The molecule has 0 saturated heterocycles. The number of aromatic nitrogens is 2. The lowest BCUT2D eigenvalue weighted by molar-refractivity contribution is 0.373. The predicted molar refractivity (Wildman–Crippen MR) is 130 cm³/mol. The summed E-state index contributed by atoms with van der Waals surface area (Å²) in [6.07, 6.45) is 3.56. The van der Waals surface area contributed by atoms with E-state index in [9.17, 15) is 5.11 Å². The normalized spacial score (nSPS) is 11.5. The number of nitrogens with zero attached hydrogens (tertiary/aromatic N) is 3. The van der Waals surface area contributed by atoms with Crippen molar-refractivity contribution in [2.75, 3.05) is 7.11 Å². The van der Waals surface area contributed by atoms with Gasteiger partial charge in [-0.1, -0.05) is 29.8 Å². The summed E-state index contributed by atoms with van der Waals surface area (Å²) in [4.78, 5) is 9.45. The van der Waals surface area contributed by atoms with Gasteiger partial charge in [-0.2, -0.15) is 0 Å². The van der Waals surface area contributed by atoms with Gasteiger partial charge in [0, 0.05) is 22.3 Å². The van der Waals surface area contributed by atoms with E-state index in [-0.39, 0.29) is 5.75 Å². The van der Waals surface area contributed by atoms with Crippen molar-refractivity contribution in [2.24, 2.45) is 4.99 Å². The largest absolute Gasteiger partial charge is 0.504 e. The number of aryl methyl sites for hydroxylation is 1. The fraction of sp³-hybridized carbons (Fsp3) is 0.0769. The Hall–Kier alpha value is -4.03. The molecule has 0 aliphatic carbocycles. The molecule has 0 spiro atoms. The van der Waals surface area contributed by atoms with Crippen molar-refractivity contribution in [1.29, 1.82) is 0 Å². The van der Waals surface area contributed by atoms with Gasteiger partial charge in [0.15, 0.2) is 17.3 Å². The molecule has 0 saturated carbocycles. The summed E-state index contributed by atoms with van der Waals surface area (Å²) < 4.78 is 13.1. The number of hydrogen-bond donors (Lipinski definition) is 1. The van der Waals surface area contributed by atoms with Gasteiger partial charge >= 0.3 is 0 Å². The van der Waals surface area contributed by atoms with E-state index in [0.29, 0.717) is 33.8 Å². The van der Waals surface area contributed by atoms with Gasteiger partial charge in [-0.25, -0.2) is 9.98 Å². The minimum Gasteiger partial charge on any atom is -0.504 e. The number of methoxy groups -OCH3 is 1. The molecular weight excluding hydrogens is 438 g/mol. The Morgan fingerprint density at radius 2 is 1.91 bits per heavy atom. The van der Waals surface area contributed by atoms with Crippen LogP contribution < -0.4 is 4.74 Å². The van der Waals surface area contributed by atoms with Crippen LogP contribution in [0.3, 0.4) is 0 Å². The molecule has 0 amide bonds. The molecule has 5 aromatic rings. The molecule has 164 valence electrons. The molecule has 0 atom stereocenters. The maximum atomic E-state index is 9.97. The van der Waals surface area contributed by atoms with E-state index < -0.39 is 0 Å². The van der Waals surface area contributed by atoms with Crippen LogP contribution in [0.1, 0.15) is 11.3 Å². The van der Waals surface area contributed by atoms with E-state index in [4.69, 9.17) is 30.7 Å². The monoisotopic (exact) mass is 457 g/mol. The highest BCUT2D eigenvalue weighted by Crippen LogP contribution is 2.36. The van der Waals surface area contributed by atoms with Crippen LogP contribution in [0, 0.1) is 6.92 Å². The van der Waals surface area contributed by atoms with Gasteiger partial charge in [0.05, 0.1) is 13.3 Å². The van der Waals surface area contributed by atoms with Crippen molar-refractivity contribution in [3.63, 3.8) is 0 Å². The number of ether oxygens (including phenoxy) is 1. The first kappa shape index (κ1) is 20.8. The number of phenols is 1. The summed E-state index contributed by atoms with van der Waals surface area (Å²) in [7, 11) is 1.51. The summed E-state index contributed by atoms with van der Waals surface area (Å²) >= 11 is 6.26. The van der Waals surface area contributed by atoms with Crippen LogP contribution in [-0.2, 0) is 0 Å². The minimum atomic E-state index is 0.0642. The summed E-state index contributed by atoms with van der Waals surface area (Å²) in [5.41, 5.74) is 4.10. The zero-order valence-corrected chi connectivity index (χ0v) is 18.7. The number of benzene rings is 2. The number of aliphatic imine (C=N–C) groups is 1. The van der Waals surface area contributed by atoms with Crippen LogP contribution in [-0.4, -0.2) is 27.8 Å². The van der Waals surface area contributed by atoms with Crippen LogP contribution >= 0.6 is 11.6 Å². The molecule has 2 aromatic carbocycles. The number of rotatable bonds is 5. The van der Waals surface area contributed by atoms with Gasteiger partial charge in [0.25, 0.3) is 0 Å². The van der Waals surface area contributed by atoms with Crippen LogP contribution in [0.5, 0.6) is 11.5 Å². The number of phenolic OH excluding ortho intramolecular Hbond substituents is 1. The quantitative estimate of drug-likeness (QED) is 0.298. The molecular formula is C26H20ClN3O3. The number of halogens is 1. The molecule has 3 heterocycles. The van der Waals surface area contributed by atoms with Crippen LogP contribution in [0.25, 0.3) is 28.2 Å². The average Bonchev–Trinajstić information content (AvgIpc) is 3.44. The van der Waals surface area contributed by atoms with Gasteiger partial charge in [0.2, 0.25) is 0 Å². The van der Waals surface area contributed by atoms with E-state index in [1.165, 1.54) is 7.11 Å². The second kappa shape index (κ2) is 8.48. The van der Waals surface area contributed by atoms with E-state index >= 15 is 0 Å². The molecule has 1 N–H and O–H groups in total. The highest BCUT2D eigenvalue weighted by atomic mass is 35.5. The Bertz CT molecular complexity index is 1500. The first-order chi connectivity index (χ1) is 16.0. The van der Waals surface area contributed by atoms with Gasteiger partial charge in [-0.3, -0.25) is 4.40 Å². The number of aromatic hydroxyl groups is 1. The molecule has 7 heteroatoms. The lowest BCUT2D eigenvalue weighted by atomic mass is 10.1. The highest BCUT2D eigenvalue weighted by Gasteiger charge is 2.15. The molecule has 0 aliphatic rings. The molecule has 0 fully saturated rings. The topological polar surface area (TPSA) is 72.3 Å². The summed E-state index contributed by atoms with van der Waals surface area (Å²) in [6, 6.07) is 20.4. The van der Waals surface area contributed by atoms with Crippen LogP contribution in [0.4, 0.5) is 5.82 Å². The number of pyridine rings is 1. The number of imidazole rings is 1. The molecule has 6 nitrogen and oxygen atoms in total. The third-order valence-corrected chi connectivity index (χ3v) is 5.76. The molecule has 33 heavy (non-hydrogen) atoms. The number of fused-ring (bicyclic) bond motifs is 1. The maximum Gasteiger partial charge on any atom is 0.165 e. The maximum absolute atomic E-state index is 9.97. The minimum absolute atomic E-state index is 0.0642. The van der Waals surface area contributed by atoms with E-state index in [1.807, 2.05) is 66.1 Å². The van der Waals surface area contributed by atoms with Crippen molar-refractivity contribution >= 4 is 29.3 Å². The molecule has 3 aromatic heterocycles. The fourth-order valence-electron chi connectivity index (χ4n) is 3.57. The van der Waals surface area contributed by atoms with Gasteiger partial charge in [-0.05, 0) is 61.0 Å². The van der Waals surface area contributed by atoms with Crippen molar-refractivity contribution in [3.8, 4) is 34.1 Å². The fourth-order valence-corrected chi connectivity index (χ4v) is 3.75. The average molecular weight is 458 g/mol. The summed E-state index contributed by atoms with van der Waals surface area (Å²) in [5, 5.41) is 10.7. The van der Waals surface area contributed by atoms with Crippen molar-refractivity contribution in [3.05, 3.63) is 89.3 Å². The first-order valence-corrected chi connectivity index (χ1v) is 10.7. The Labute approximate surface area is 195 Å². The number of hydrogen-bond acceptors (Lipinski definition) is 5. The lowest BCUT2D eigenvalue weighted by Crippen LogP contribution is -1.86. The first-order valence-electron chi connectivity index (χ1n) is 10.3. The Balaban J connectivity index is 1.55. The lowest BCUT2D eigenvalue weighted by Gasteiger charge is -2.05. The van der Waals surface area contributed by atoms with Gasteiger partial charge in [0.1, 0.15) is 22.9 Å². The predicted octanol–water partition coefficient (Wildman–Crippen LogP) is 6.69. The molecule has 5 rings (SSSR count). The second-order valence-electron chi connectivity index (χ2n) is 7.52. The zero-order chi connectivity index (χ0) is 22.9. The summed E-state index contributed by atoms with van der Waals surface area (Å²) in [6.45, 7) is 1.96. The van der Waals surface area contributed by atoms with Crippen molar-refractivity contribution in [2.45, 2.75) is 6.92 Å². The smallest absolute Gasteiger partial charge is 0.165 e. The zero-order valence-electron chi connectivity index (χ0n) is 18.0. The highest BCUT2D eigenvalue weighted by molar-refractivity contribution is 6.31. The Morgan fingerprint density at radius 3 is 2.73 bits per heavy atom. The van der Waals surface area contributed by atoms with Crippen molar-refractivity contribution in [1.82, 2.24) is 9.38 Å². The molecule has 0 radical (unpaired) electrons. The van der Waals surface area contributed by atoms with Gasteiger partial charge in [-0.15, -0.1) is 0 Å². The molecule has 0 aliphatic heterocycles. The van der Waals surface area contributed by atoms with E-state index in [2.05, 4.69) is 0 Å². The Kier molecular flexibility index (Phi) is 5.36. The number of furan rings is 1. The SMILES string of the molecule is COc1cc(-c2nc3ccccn3c2N=Cc2ccc(-c3ccc(C)c(Cl)c3)o2)ccc1O. The Morgan fingerprint density at radius 1 is 1.06 bits per heavy atom. The van der Waals surface area contributed by atoms with E-state index in [1.54, 1.807) is 24.4 Å². The van der Waals surface area contributed by atoms with Crippen LogP contribution in [0.2, 0.25) is 5.02 Å². The standard InChI is InChI=1S/C26H20ClN3O3/c1-16-6-7-17(13-20(16)27)22-11-9-19(33-22)15-28-26-25(29-24-5-3-4-12-30(24)26)18-8-10-21(31)23(14-18)32-2/h3-15,31H,1-2H3. The second-order valence-corrected chi connectivity index (χ2v) is 7.93. The van der Waals surface area contributed by atoms with Gasteiger partial charge < -0.3 is 14.3 Å². The third kappa shape index (κ3) is 3.97. The van der Waals surface area contributed by atoms with Crippen LogP contribution in [0.15, 0.2) is 82.3 Å². The molecule has 0 unspecified atom stereocenters. The third-order valence-electron chi connectivity index (χ3n) is 5.36.